The summed E-state index contributed by atoms with van der Waals surface area (Å²) in [5, 5.41) is 0.940. The van der Waals surface area contributed by atoms with Gasteiger partial charge in [0, 0.05) is 28.8 Å². The van der Waals surface area contributed by atoms with Gasteiger partial charge in [0.2, 0.25) is 0 Å². The van der Waals surface area contributed by atoms with E-state index < -0.39 is 0 Å². The first-order valence-electron chi connectivity index (χ1n) is 12.7. The predicted octanol–water partition coefficient (Wildman–Crippen LogP) is 6.42. The summed E-state index contributed by atoms with van der Waals surface area (Å²) >= 11 is 0. The highest BCUT2D eigenvalue weighted by Crippen LogP contribution is 2.38. The van der Waals surface area contributed by atoms with Crippen LogP contribution in [-0.4, -0.2) is 39.9 Å². The number of benzene rings is 2. The highest BCUT2D eigenvalue weighted by atomic mass is 16.5. The Bertz CT molecular complexity index is 1860. The van der Waals surface area contributed by atoms with E-state index in [0.29, 0.717) is 23.4 Å². The molecule has 1 aliphatic rings. The molecule has 1 aliphatic carbocycles. The van der Waals surface area contributed by atoms with Gasteiger partial charge in [-0.1, -0.05) is 11.6 Å². The highest BCUT2D eigenvalue weighted by Gasteiger charge is 2.21. The van der Waals surface area contributed by atoms with Crippen LogP contribution in [0.3, 0.4) is 0 Å². The van der Waals surface area contributed by atoms with Crippen LogP contribution in [0.2, 0.25) is 0 Å². The van der Waals surface area contributed by atoms with Crippen LogP contribution in [-0.2, 0) is 11.2 Å². The molecule has 0 radical (unpaired) electrons. The third-order valence-corrected chi connectivity index (χ3v) is 7.17. The van der Waals surface area contributed by atoms with Gasteiger partial charge >= 0.3 is 0 Å². The largest absolute Gasteiger partial charge is 0.496 e. The van der Waals surface area contributed by atoms with Crippen molar-refractivity contribution >= 4 is 39.4 Å². The van der Waals surface area contributed by atoms with Gasteiger partial charge < -0.3 is 14.5 Å². The first kappa shape index (κ1) is 24.6. The van der Waals surface area contributed by atoms with E-state index in [9.17, 15) is 4.79 Å². The first-order valence-corrected chi connectivity index (χ1v) is 12.7. The third kappa shape index (κ3) is 4.36. The first-order chi connectivity index (χ1) is 18.8. The number of hydrogen-bond acceptors (Lipinski definition) is 6. The number of aryl methyl sites for hydroxylation is 2. The number of imidazole rings is 1. The Labute approximate surface area is 226 Å². The maximum absolute atomic E-state index is 13.5. The van der Waals surface area contributed by atoms with Crippen LogP contribution in [0.25, 0.3) is 44.7 Å². The van der Waals surface area contributed by atoms with Gasteiger partial charge in [0.25, 0.3) is 0 Å². The van der Waals surface area contributed by atoms with E-state index in [1.165, 1.54) is 0 Å². The van der Waals surface area contributed by atoms with E-state index in [0.717, 1.165) is 66.9 Å². The summed E-state index contributed by atoms with van der Waals surface area (Å²) in [5.41, 5.74) is 9.60. The van der Waals surface area contributed by atoms with E-state index in [-0.39, 0.29) is 5.78 Å². The third-order valence-electron chi connectivity index (χ3n) is 7.17. The Hall–Kier alpha value is -4.78. The number of fused-ring (bicyclic) bond motifs is 4. The number of aromatic amines is 1. The van der Waals surface area contributed by atoms with Gasteiger partial charge in [-0.25, -0.2) is 4.98 Å². The van der Waals surface area contributed by atoms with E-state index in [2.05, 4.69) is 33.2 Å². The number of carbonyl (C=O) groups excluding carboxylic acids is 1. The fourth-order valence-electron chi connectivity index (χ4n) is 5.29. The summed E-state index contributed by atoms with van der Waals surface area (Å²) in [5.74, 6) is 2.17. The molecule has 194 valence electrons. The number of allylic oxidation sites excluding steroid dienone is 3. The molecule has 39 heavy (non-hydrogen) atoms. The van der Waals surface area contributed by atoms with Crippen molar-refractivity contribution in [1.82, 2.24) is 19.9 Å². The highest BCUT2D eigenvalue weighted by molar-refractivity contribution is 6.30. The molecule has 0 unspecified atom stereocenters. The van der Waals surface area contributed by atoms with Crippen molar-refractivity contribution in [2.24, 2.45) is 0 Å². The Balaban J connectivity index is 1.62. The van der Waals surface area contributed by atoms with Crippen LogP contribution >= 0.6 is 0 Å². The molecule has 3 aromatic heterocycles. The summed E-state index contributed by atoms with van der Waals surface area (Å²) in [7, 11) is 3.27. The molecule has 0 saturated heterocycles. The van der Waals surface area contributed by atoms with Crippen LogP contribution in [0.5, 0.6) is 11.5 Å². The minimum atomic E-state index is -0.0716. The van der Waals surface area contributed by atoms with Crippen molar-refractivity contribution in [3.05, 3.63) is 88.6 Å². The quantitative estimate of drug-likeness (QED) is 0.296. The number of aromatic nitrogens is 4. The maximum atomic E-state index is 13.5. The molecule has 0 amide bonds. The van der Waals surface area contributed by atoms with E-state index in [1.54, 1.807) is 26.5 Å². The molecule has 0 atom stereocenters. The van der Waals surface area contributed by atoms with E-state index in [4.69, 9.17) is 14.5 Å². The molecule has 1 N–H and O–H groups in total. The summed E-state index contributed by atoms with van der Waals surface area (Å²) in [6.45, 7) is 5.86. The number of nitrogens with zero attached hydrogens (tertiary/aromatic N) is 3. The van der Waals surface area contributed by atoms with Gasteiger partial charge in [-0.3, -0.25) is 14.8 Å². The molecular weight excluding hydrogens is 488 g/mol. The number of ether oxygens (including phenoxy) is 2. The Kier molecular flexibility index (Phi) is 5.99. The number of ketones is 1. The van der Waals surface area contributed by atoms with Gasteiger partial charge in [-0.2, -0.15) is 0 Å². The van der Waals surface area contributed by atoms with Crippen molar-refractivity contribution in [3.8, 4) is 22.6 Å². The molecule has 0 aliphatic heterocycles. The van der Waals surface area contributed by atoms with Crippen LogP contribution in [0, 0.1) is 13.8 Å². The van der Waals surface area contributed by atoms with Gasteiger partial charge in [-0.15, -0.1) is 0 Å². The number of H-pyrrole nitrogens is 1. The second kappa shape index (κ2) is 9.51. The average molecular weight is 517 g/mol. The summed E-state index contributed by atoms with van der Waals surface area (Å²) in [6.07, 6.45) is 7.83. The summed E-state index contributed by atoms with van der Waals surface area (Å²) < 4.78 is 11.1. The molecule has 0 saturated carbocycles. The average Bonchev–Trinajstić information content (AvgIpc) is 3.30. The number of carbonyl (C=O) groups is 1. The zero-order valence-corrected chi connectivity index (χ0v) is 22.5. The Morgan fingerprint density at radius 2 is 1.74 bits per heavy atom. The van der Waals surface area contributed by atoms with Gasteiger partial charge in [0.15, 0.2) is 5.78 Å². The molecule has 0 fully saturated rings. The molecule has 0 spiro atoms. The molecule has 7 nitrogen and oxygen atoms in total. The SMILES string of the molecule is COc1cnc(C2=Cc3c(cnc4cc(OC)c(-c5ccc6nc(C)[nH]c6c5)cc34)C/C(C)=C/C2=O)c(C)c1. The molecule has 0 bridgehead atoms. The van der Waals surface area contributed by atoms with Gasteiger partial charge in [-0.05, 0) is 85.9 Å². The van der Waals surface area contributed by atoms with Crippen molar-refractivity contribution in [2.45, 2.75) is 27.2 Å². The van der Waals surface area contributed by atoms with Crippen LogP contribution < -0.4 is 9.47 Å². The van der Waals surface area contributed by atoms with Crippen LogP contribution in [0.15, 0.2) is 60.4 Å². The smallest absolute Gasteiger partial charge is 0.187 e. The molecule has 7 heteroatoms. The normalized spacial score (nSPS) is 14.8. The van der Waals surface area contributed by atoms with Crippen LogP contribution in [0.4, 0.5) is 0 Å². The van der Waals surface area contributed by atoms with E-state index >= 15 is 0 Å². The van der Waals surface area contributed by atoms with Crippen molar-refractivity contribution in [2.75, 3.05) is 14.2 Å². The van der Waals surface area contributed by atoms with Crippen molar-refractivity contribution in [3.63, 3.8) is 0 Å². The lowest BCUT2D eigenvalue weighted by molar-refractivity contribution is -0.109. The number of hydrogen-bond donors (Lipinski definition) is 1. The number of rotatable bonds is 4. The van der Waals surface area contributed by atoms with Crippen LogP contribution in [0.1, 0.15) is 35.1 Å². The van der Waals surface area contributed by atoms with Crippen molar-refractivity contribution < 1.29 is 14.3 Å². The van der Waals surface area contributed by atoms with Crippen molar-refractivity contribution in [1.29, 1.82) is 0 Å². The molecular formula is C32H28N4O3. The minimum Gasteiger partial charge on any atom is -0.496 e. The second-order valence-corrected chi connectivity index (χ2v) is 9.95. The zero-order valence-electron chi connectivity index (χ0n) is 22.5. The Morgan fingerprint density at radius 1 is 0.897 bits per heavy atom. The zero-order chi connectivity index (χ0) is 27.3. The number of methoxy groups -OCH3 is 2. The Morgan fingerprint density at radius 3 is 2.51 bits per heavy atom. The summed E-state index contributed by atoms with van der Waals surface area (Å²) in [6, 6.07) is 12.1. The maximum Gasteiger partial charge on any atom is 0.187 e. The lowest BCUT2D eigenvalue weighted by atomic mass is 9.89. The number of nitrogens with one attached hydrogen (secondary N) is 1. The monoisotopic (exact) mass is 516 g/mol. The lowest BCUT2D eigenvalue weighted by Crippen LogP contribution is -2.08. The lowest BCUT2D eigenvalue weighted by Gasteiger charge is -2.18. The topological polar surface area (TPSA) is 90.0 Å². The van der Waals surface area contributed by atoms with Gasteiger partial charge in [0.1, 0.15) is 17.3 Å². The molecule has 5 aromatic rings. The fraction of sp³-hybridized carbons (Fsp3) is 0.188. The molecule has 3 heterocycles. The minimum absolute atomic E-state index is 0.0716. The van der Waals surface area contributed by atoms with Gasteiger partial charge in [0.05, 0.1) is 42.7 Å². The number of pyridine rings is 2. The standard InChI is InChI=1S/C32H28N4O3/c1-17-8-21-15-33-28-14-31(39-5)24(20-6-7-27-29(11-20)36-19(3)35-27)13-25(28)23(21)12-26(30(37)9-17)32-18(2)10-22(38-4)16-34-32/h6-7,9-16H,8H2,1-5H3,(H,35,36)/b17-9+,26-12?. The molecule has 6 rings (SSSR count). The fourth-order valence-corrected chi connectivity index (χ4v) is 5.29. The van der Waals surface area contributed by atoms with E-state index in [1.807, 2.05) is 51.2 Å². The second-order valence-electron chi connectivity index (χ2n) is 9.95. The predicted molar refractivity (Wildman–Crippen MR) is 154 cm³/mol. The summed E-state index contributed by atoms with van der Waals surface area (Å²) in [4.78, 5) is 30.7. The molecule has 2 aromatic carbocycles.